The Kier molecular flexibility index (Phi) is 5.25. The molecule has 148 valence electrons. The molecule has 0 bridgehead atoms. The lowest BCUT2D eigenvalue weighted by Crippen LogP contribution is -2.74. The minimum atomic E-state index is -1.31. The average molecular weight is 395 g/mol. The highest BCUT2D eigenvalue weighted by molar-refractivity contribution is 7.19. The van der Waals surface area contributed by atoms with Crippen molar-refractivity contribution in [1.82, 2.24) is 0 Å². The monoisotopic (exact) mass is 395 g/mol. The lowest BCUT2D eigenvalue weighted by Gasteiger charge is -2.44. The first-order valence-corrected chi connectivity index (χ1v) is 10.9. The van der Waals surface area contributed by atoms with Gasteiger partial charge in [-0.25, -0.2) is 0 Å². The smallest absolute Gasteiger partial charge is 0.108 e. The van der Waals surface area contributed by atoms with Crippen molar-refractivity contribution in [2.45, 2.75) is 0 Å². The Bertz CT molecular complexity index is 1130. The van der Waals surface area contributed by atoms with Crippen LogP contribution in [0, 0.1) is 0 Å². The van der Waals surface area contributed by atoms with E-state index >= 15 is 0 Å². The van der Waals surface area contributed by atoms with Crippen LogP contribution < -0.4 is 21.9 Å². The first kappa shape index (κ1) is 19.1. The standard InChI is InChI=1S/C30H24B/c1-5-13-25(14-6-1)26-21-23-30(24-22-26)31(27-15-7-2-8-16-27,28-17-9-3-10-18-28)29-19-11-4-12-20-29/h1-24H/q-1. The second-order valence-corrected chi connectivity index (χ2v) is 8.09. The Morgan fingerprint density at radius 2 is 0.548 bits per heavy atom. The van der Waals surface area contributed by atoms with Gasteiger partial charge in [-0.2, -0.15) is 21.9 Å². The summed E-state index contributed by atoms with van der Waals surface area (Å²) in [5.41, 5.74) is 7.78. The van der Waals surface area contributed by atoms with Crippen molar-refractivity contribution in [2.75, 3.05) is 0 Å². The number of hydrogen-bond donors (Lipinski definition) is 0. The van der Waals surface area contributed by atoms with Gasteiger partial charge in [-0.1, -0.05) is 146 Å². The van der Waals surface area contributed by atoms with Crippen molar-refractivity contribution in [3.05, 3.63) is 146 Å². The van der Waals surface area contributed by atoms with Crippen LogP contribution in [0.5, 0.6) is 0 Å². The quantitative estimate of drug-likeness (QED) is 0.378. The van der Waals surface area contributed by atoms with Crippen LogP contribution in [-0.2, 0) is 0 Å². The normalized spacial score (nSPS) is 11.2. The maximum atomic E-state index is 2.31. The van der Waals surface area contributed by atoms with Gasteiger partial charge in [0.15, 0.2) is 0 Å². The van der Waals surface area contributed by atoms with Crippen LogP contribution in [0.2, 0.25) is 0 Å². The largest absolute Gasteiger partial charge is 0.195 e. The molecule has 31 heavy (non-hydrogen) atoms. The summed E-state index contributed by atoms with van der Waals surface area (Å²) in [7, 11) is 0. The molecule has 5 aromatic carbocycles. The van der Waals surface area contributed by atoms with Gasteiger partial charge in [0.25, 0.3) is 0 Å². The molecule has 0 spiro atoms. The molecular formula is C30H24B-. The maximum Gasteiger partial charge on any atom is 0.108 e. The molecule has 0 radical (unpaired) electrons. The summed E-state index contributed by atoms with van der Waals surface area (Å²) >= 11 is 0. The molecule has 0 fully saturated rings. The zero-order valence-corrected chi connectivity index (χ0v) is 17.4. The van der Waals surface area contributed by atoms with Crippen molar-refractivity contribution in [3.8, 4) is 11.1 Å². The van der Waals surface area contributed by atoms with Gasteiger partial charge in [0.1, 0.15) is 6.15 Å². The fraction of sp³-hybridized carbons (Fsp3) is 0. The highest BCUT2D eigenvalue weighted by atomic mass is 14.1. The van der Waals surface area contributed by atoms with Crippen molar-refractivity contribution >= 4 is 28.0 Å². The molecule has 0 unspecified atom stereocenters. The SMILES string of the molecule is c1ccc(-c2ccc([B-](c3ccccc3)(c3ccccc3)c3ccccc3)cc2)cc1. The molecule has 1 heteroatoms. The Balaban J connectivity index is 1.78. The molecule has 0 saturated heterocycles. The predicted molar refractivity (Wildman–Crippen MR) is 135 cm³/mol. The Morgan fingerprint density at radius 3 is 0.935 bits per heavy atom. The molecule has 0 aliphatic rings. The minimum Gasteiger partial charge on any atom is -0.195 e. The van der Waals surface area contributed by atoms with Crippen LogP contribution in [-0.4, -0.2) is 6.15 Å². The summed E-state index contributed by atoms with van der Waals surface area (Å²) in [5, 5.41) is 0. The third-order valence-electron chi connectivity index (χ3n) is 6.42. The van der Waals surface area contributed by atoms with Gasteiger partial charge in [-0.15, -0.1) is 0 Å². The van der Waals surface area contributed by atoms with Gasteiger partial charge < -0.3 is 0 Å². The average Bonchev–Trinajstić information content (AvgIpc) is 2.88. The molecule has 0 N–H and O–H groups in total. The molecule has 0 amide bonds. The summed E-state index contributed by atoms with van der Waals surface area (Å²) in [5.74, 6) is 0. The summed E-state index contributed by atoms with van der Waals surface area (Å²) in [6.45, 7) is 0. The van der Waals surface area contributed by atoms with Crippen molar-refractivity contribution in [1.29, 1.82) is 0 Å². The van der Waals surface area contributed by atoms with Gasteiger partial charge in [-0.05, 0) is 11.1 Å². The summed E-state index contributed by atoms with van der Waals surface area (Å²) in [6.07, 6.45) is -1.31. The fourth-order valence-corrected chi connectivity index (χ4v) is 4.97. The Hall–Kier alpha value is -3.84. The van der Waals surface area contributed by atoms with Gasteiger partial charge in [0.05, 0.1) is 0 Å². The first-order chi connectivity index (χ1) is 15.4. The molecule has 0 atom stereocenters. The van der Waals surface area contributed by atoms with Gasteiger partial charge in [-0.3, -0.25) is 0 Å². The summed E-state index contributed by atoms with van der Waals surface area (Å²) in [4.78, 5) is 0. The van der Waals surface area contributed by atoms with Crippen molar-refractivity contribution in [3.63, 3.8) is 0 Å². The third-order valence-corrected chi connectivity index (χ3v) is 6.42. The molecule has 5 aromatic rings. The number of rotatable bonds is 5. The van der Waals surface area contributed by atoms with E-state index in [1.807, 2.05) is 0 Å². The van der Waals surface area contributed by atoms with Crippen molar-refractivity contribution in [2.24, 2.45) is 0 Å². The summed E-state index contributed by atoms with van der Waals surface area (Å²) < 4.78 is 0. The molecule has 0 aromatic heterocycles. The van der Waals surface area contributed by atoms with Crippen LogP contribution >= 0.6 is 0 Å². The number of benzene rings is 5. The zero-order valence-electron chi connectivity index (χ0n) is 17.4. The topological polar surface area (TPSA) is 0 Å². The third kappa shape index (κ3) is 3.49. The van der Waals surface area contributed by atoms with Crippen LogP contribution in [0.15, 0.2) is 146 Å². The first-order valence-electron chi connectivity index (χ1n) is 10.9. The second kappa shape index (κ2) is 8.49. The lowest BCUT2D eigenvalue weighted by molar-refractivity contribution is 1.62. The Morgan fingerprint density at radius 1 is 0.258 bits per heavy atom. The van der Waals surface area contributed by atoms with Crippen LogP contribution in [0.3, 0.4) is 0 Å². The lowest BCUT2D eigenvalue weighted by atomic mass is 9.13. The maximum absolute atomic E-state index is 2.31. The van der Waals surface area contributed by atoms with Gasteiger partial charge in [0, 0.05) is 0 Å². The van der Waals surface area contributed by atoms with E-state index in [0.717, 1.165) is 0 Å². The van der Waals surface area contributed by atoms with E-state index < -0.39 is 6.15 Å². The van der Waals surface area contributed by atoms with E-state index in [2.05, 4.69) is 146 Å². The van der Waals surface area contributed by atoms with E-state index in [1.165, 1.54) is 33.0 Å². The molecule has 0 heterocycles. The molecule has 0 aliphatic heterocycles. The molecule has 0 nitrogen and oxygen atoms in total. The zero-order chi connectivity index (χ0) is 20.9. The van der Waals surface area contributed by atoms with E-state index in [-0.39, 0.29) is 0 Å². The molecular weight excluding hydrogens is 371 g/mol. The van der Waals surface area contributed by atoms with Crippen LogP contribution in [0.1, 0.15) is 0 Å². The van der Waals surface area contributed by atoms with Crippen LogP contribution in [0.4, 0.5) is 0 Å². The van der Waals surface area contributed by atoms with E-state index in [4.69, 9.17) is 0 Å². The summed E-state index contributed by atoms with van der Waals surface area (Å²) in [6, 6.07) is 52.5. The van der Waals surface area contributed by atoms with E-state index in [1.54, 1.807) is 0 Å². The van der Waals surface area contributed by atoms with Gasteiger partial charge >= 0.3 is 0 Å². The van der Waals surface area contributed by atoms with Crippen LogP contribution in [0.25, 0.3) is 11.1 Å². The van der Waals surface area contributed by atoms with Crippen molar-refractivity contribution < 1.29 is 0 Å². The fourth-order valence-electron chi connectivity index (χ4n) is 4.97. The molecule has 0 aliphatic carbocycles. The molecule has 5 rings (SSSR count). The molecule has 0 saturated carbocycles. The van der Waals surface area contributed by atoms with Gasteiger partial charge in [0.2, 0.25) is 0 Å². The second-order valence-electron chi connectivity index (χ2n) is 8.09. The highest BCUT2D eigenvalue weighted by Gasteiger charge is 2.31. The highest BCUT2D eigenvalue weighted by Crippen LogP contribution is 2.19. The number of hydrogen-bond acceptors (Lipinski definition) is 0. The van der Waals surface area contributed by atoms with E-state index in [0.29, 0.717) is 0 Å². The minimum absolute atomic E-state index is 1.24. The predicted octanol–water partition coefficient (Wildman–Crippen LogP) is 4.73. The van der Waals surface area contributed by atoms with E-state index in [9.17, 15) is 0 Å². The Labute approximate surface area is 184 Å².